The summed E-state index contributed by atoms with van der Waals surface area (Å²) >= 11 is 12.4. The first-order valence-corrected chi connectivity index (χ1v) is 18.3. The molecule has 0 saturated carbocycles. The lowest BCUT2D eigenvalue weighted by Crippen LogP contribution is -2.17. The summed E-state index contributed by atoms with van der Waals surface area (Å²) in [5.41, 5.74) is 1.56. The third-order valence-corrected chi connectivity index (χ3v) is 9.20. The molecule has 9 nitrogen and oxygen atoms in total. The zero-order valence-corrected chi connectivity index (χ0v) is 32.2. The number of carbonyl (C=O) groups is 4. The van der Waals surface area contributed by atoms with Crippen LogP contribution in [0.3, 0.4) is 0 Å². The molecule has 0 aliphatic heterocycles. The van der Waals surface area contributed by atoms with Crippen LogP contribution in [0.2, 0.25) is 10.0 Å². The second-order valence-electron chi connectivity index (χ2n) is 12.3. The summed E-state index contributed by atoms with van der Waals surface area (Å²) in [5.74, 6) is -6.39. The predicted molar refractivity (Wildman–Crippen MR) is 217 cm³/mol. The summed E-state index contributed by atoms with van der Waals surface area (Å²) in [6.45, 7) is 4.00. The number of benzene rings is 6. The number of hydrogen-bond donors (Lipinski definition) is 4. The summed E-state index contributed by atoms with van der Waals surface area (Å²) < 4.78 is 49.3. The predicted octanol–water partition coefficient (Wildman–Crippen LogP) is 11.3. The number of carboxylic acids is 2. The molecule has 0 heterocycles. The standard InChI is InChI=1S/C22H16ClF2NO4.C22H17ClFNO3/c1-2-30-18-9-5-8-13(19(18)25)12-10-16(23)20(17(24)11-12)26-21(27)14-6-3-4-7-15(14)22(28)29;1-2-13-6-5-7-14(10-13)15-11-18(23)20(19(24)12-15)25-21(26)16-8-3-4-9-17(16)22(27)28/h3-11H,2H2,1H3,(H,26,27)(H,28,29);3-12H,2H2,1H3,(H,25,26)(H,27,28). The lowest BCUT2D eigenvalue weighted by molar-refractivity contribution is 0.0683. The van der Waals surface area contributed by atoms with E-state index < -0.39 is 41.2 Å². The number of anilines is 2. The average molecular weight is 830 g/mol. The Bertz CT molecular complexity index is 2500. The van der Waals surface area contributed by atoms with Gasteiger partial charge in [0, 0.05) is 5.56 Å². The van der Waals surface area contributed by atoms with Crippen LogP contribution in [-0.4, -0.2) is 40.6 Å². The van der Waals surface area contributed by atoms with E-state index in [0.29, 0.717) is 5.56 Å². The van der Waals surface area contributed by atoms with Gasteiger partial charge in [-0.15, -0.1) is 0 Å². The maximum atomic E-state index is 14.7. The Morgan fingerprint density at radius 3 is 1.55 bits per heavy atom. The molecule has 2 amide bonds. The molecule has 14 heteroatoms. The van der Waals surface area contributed by atoms with E-state index in [2.05, 4.69) is 10.6 Å². The molecule has 0 spiro atoms. The van der Waals surface area contributed by atoms with E-state index in [-0.39, 0.29) is 67.2 Å². The summed E-state index contributed by atoms with van der Waals surface area (Å²) in [7, 11) is 0. The summed E-state index contributed by atoms with van der Waals surface area (Å²) in [4.78, 5) is 47.6. The van der Waals surface area contributed by atoms with Crippen LogP contribution in [0.5, 0.6) is 5.75 Å². The van der Waals surface area contributed by atoms with E-state index in [4.69, 9.17) is 27.9 Å². The third kappa shape index (κ3) is 9.84. The SMILES string of the molecule is CCOc1cccc(-c2cc(F)c(NC(=O)c3ccccc3C(=O)O)c(Cl)c2)c1F.CCc1cccc(-c2cc(F)c(NC(=O)c3ccccc3C(=O)O)c(Cl)c2)c1. The molecule has 6 aromatic carbocycles. The molecule has 6 aromatic rings. The molecule has 58 heavy (non-hydrogen) atoms. The van der Waals surface area contributed by atoms with Gasteiger partial charge in [0.2, 0.25) is 0 Å². The number of carbonyl (C=O) groups excluding carboxylic acids is 2. The minimum Gasteiger partial charge on any atom is -0.491 e. The number of carboxylic acid groups (broad SMARTS) is 2. The molecular weight excluding hydrogens is 796 g/mol. The van der Waals surface area contributed by atoms with E-state index in [0.717, 1.165) is 23.6 Å². The van der Waals surface area contributed by atoms with Gasteiger partial charge in [-0.05, 0) is 90.2 Å². The summed E-state index contributed by atoms with van der Waals surface area (Å²) in [6.07, 6.45) is 0.848. The Morgan fingerprint density at radius 2 is 1.07 bits per heavy atom. The van der Waals surface area contributed by atoms with E-state index in [9.17, 15) is 42.6 Å². The van der Waals surface area contributed by atoms with Gasteiger partial charge in [0.1, 0.15) is 11.6 Å². The van der Waals surface area contributed by atoms with Gasteiger partial charge in [-0.3, -0.25) is 9.59 Å². The molecule has 0 fully saturated rings. The molecule has 0 atom stereocenters. The Balaban J connectivity index is 0.000000221. The Hall–Kier alpha value is -6.63. The van der Waals surface area contributed by atoms with Crippen LogP contribution < -0.4 is 15.4 Å². The number of hydrogen-bond acceptors (Lipinski definition) is 5. The Labute approximate surface area is 340 Å². The van der Waals surface area contributed by atoms with Gasteiger partial charge in [-0.25, -0.2) is 22.8 Å². The van der Waals surface area contributed by atoms with Crippen LogP contribution in [-0.2, 0) is 6.42 Å². The molecule has 0 aromatic heterocycles. The van der Waals surface area contributed by atoms with E-state index in [1.807, 2.05) is 31.2 Å². The van der Waals surface area contributed by atoms with Crippen molar-refractivity contribution in [3.05, 3.63) is 171 Å². The fourth-order valence-electron chi connectivity index (χ4n) is 5.78. The van der Waals surface area contributed by atoms with Crippen LogP contribution in [0.4, 0.5) is 24.5 Å². The van der Waals surface area contributed by atoms with Crippen molar-refractivity contribution >= 4 is 58.3 Å². The zero-order valence-electron chi connectivity index (χ0n) is 30.7. The first-order chi connectivity index (χ1) is 27.7. The van der Waals surface area contributed by atoms with Gasteiger partial charge in [0.15, 0.2) is 11.6 Å². The first kappa shape index (κ1) is 42.5. The van der Waals surface area contributed by atoms with Gasteiger partial charge in [0.25, 0.3) is 11.8 Å². The number of amides is 2. The molecule has 0 aliphatic rings. The maximum Gasteiger partial charge on any atom is 0.336 e. The Kier molecular flexibility index (Phi) is 13.9. The van der Waals surface area contributed by atoms with Gasteiger partial charge in [0.05, 0.1) is 50.3 Å². The normalized spacial score (nSPS) is 10.5. The van der Waals surface area contributed by atoms with Crippen molar-refractivity contribution in [1.29, 1.82) is 0 Å². The molecule has 296 valence electrons. The van der Waals surface area contributed by atoms with Gasteiger partial charge in [-0.2, -0.15) is 0 Å². The van der Waals surface area contributed by atoms with Crippen molar-refractivity contribution in [3.63, 3.8) is 0 Å². The molecule has 0 radical (unpaired) electrons. The number of rotatable bonds is 11. The number of nitrogens with one attached hydrogen (secondary N) is 2. The fraction of sp³-hybridized carbons (Fsp3) is 0.0909. The summed E-state index contributed by atoms with van der Waals surface area (Å²) in [6, 6.07) is 28.5. The van der Waals surface area contributed by atoms with Gasteiger partial charge in [-0.1, -0.05) is 90.8 Å². The van der Waals surface area contributed by atoms with E-state index in [1.54, 1.807) is 19.1 Å². The average Bonchev–Trinajstić information content (AvgIpc) is 3.21. The molecule has 0 unspecified atom stereocenters. The fourth-order valence-corrected chi connectivity index (χ4v) is 6.29. The van der Waals surface area contributed by atoms with E-state index >= 15 is 0 Å². The second-order valence-corrected chi connectivity index (χ2v) is 13.2. The van der Waals surface area contributed by atoms with Crippen molar-refractivity contribution in [1.82, 2.24) is 0 Å². The molecular formula is C44H33Cl2F3N2O7. The summed E-state index contributed by atoms with van der Waals surface area (Å²) in [5, 5.41) is 22.9. The number of aryl methyl sites for hydroxylation is 1. The number of halogens is 5. The lowest BCUT2D eigenvalue weighted by atomic mass is 10.0. The zero-order chi connectivity index (χ0) is 42.1. The monoisotopic (exact) mass is 828 g/mol. The van der Waals surface area contributed by atoms with Crippen molar-refractivity contribution in [2.24, 2.45) is 0 Å². The smallest absolute Gasteiger partial charge is 0.336 e. The lowest BCUT2D eigenvalue weighted by Gasteiger charge is -2.13. The maximum absolute atomic E-state index is 14.7. The molecule has 0 saturated heterocycles. The highest BCUT2D eigenvalue weighted by atomic mass is 35.5. The first-order valence-electron chi connectivity index (χ1n) is 17.5. The van der Waals surface area contributed by atoms with E-state index in [1.165, 1.54) is 72.8 Å². The van der Waals surface area contributed by atoms with Crippen LogP contribution in [0.15, 0.2) is 115 Å². The van der Waals surface area contributed by atoms with Gasteiger partial charge < -0.3 is 25.6 Å². The molecule has 0 aliphatic carbocycles. The van der Waals surface area contributed by atoms with Crippen LogP contribution in [0.1, 0.15) is 60.8 Å². The van der Waals surface area contributed by atoms with Crippen LogP contribution >= 0.6 is 23.2 Å². The molecule has 0 bridgehead atoms. The second kappa shape index (κ2) is 19.0. The number of aromatic carboxylic acids is 2. The molecule has 4 N–H and O–H groups in total. The largest absolute Gasteiger partial charge is 0.491 e. The number of ether oxygens (including phenoxy) is 1. The minimum atomic E-state index is -1.30. The minimum absolute atomic E-state index is 0.0224. The Morgan fingerprint density at radius 1 is 0.586 bits per heavy atom. The van der Waals surface area contributed by atoms with Crippen molar-refractivity contribution in [2.45, 2.75) is 20.3 Å². The highest BCUT2D eigenvalue weighted by Crippen LogP contribution is 2.36. The highest BCUT2D eigenvalue weighted by molar-refractivity contribution is 6.35. The topological polar surface area (TPSA) is 142 Å². The third-order valence-electron chi connectivity index (χ3n) is 8.61. The van der Waals surface area contributed by atoms with Crippen molar-refractivity contribution < 1.29 is 47.3 Å². The van der Waals surface area contributed by atoms with Crippen LogP contribution in [0.25, 0.3) is 22.3 Å². The molecule has 6 rings (SSSR count). The van der Waals surface area contributed by atoms with Crippen LogP contribution in [0, 0.1) is 17.5 Å². The van der Waals surface area contributed by atoms with Crippen molar-refractivity contribution in [3.8, 4) is 28.0 Å². The van der Waals surface area contributed by atoms with Gasteiger partial charge >= 0.3 is 11.9 Å². The highest BCUT2D eigenvalue weighted by Gasteiger charge is 2.22. The quantitative estimate of drug-likeness (QED) is 0.102. The van der Waals surface area contributed by atoms with Crippen molar-refractivity contribution in [2.75, 3.05) is 17.2 Å².